The average molecular weight is 510 g/mol. The molecule has 188 valence electrons. The Bertz CT molecular complexity index is 1570. The van der Waals surface area contributed by atoms with Gasteiger partial charge in [0.05, 0.1) is 23.9 Å². The first-order chi connectivity index (χ1) is 17.8. The summed E-state index contributed by atoms with van der Waals surface area (Å²) in [6.07, 6.45) is -0.425. The zero-order valence-corrected chi connectivity index (χ0v) is 19.0. The van der Waals surface area contributed by atoms with Crippen molar-refractivity contribution < 1.29 is 27.4 Å². The number of hydrogen-bond donors (Lipinski definition) is 1. The number of aromatic nitrogens is 7. The molecule has 0 aliphatic heterocycles. The summed E-state index contributed by atoms with van der Waals surface area (Å²) in [5, 5.41) is 14.5. The van der Waals surface area contributed by atoms with Crippen molar-refractivity contribution in [2.45, 2.75) is 12.7 Å². The fourth-order valence-electron chi connectivity index (χ4n) is 3.54. The molecular weight excluding hydrogens is 493 g/mol. The molecule has 0 atom stereocenters. The number of carbonyl (C=O) groups is 1. The molecule has 14 heteroatoms. The van der Waals surface area contributed by atoms with Crippen LogP contribution in [-0.4, -0.2) is 47.9 Å². The summed E-state index contributed by atoms with van der Waals surface area (Å²) in [6, 6.07) is 10.7. The minimum absolute atomic E-state index is 0.0327. The number of ether oxygens (including phenoxy) is 2. The van der Waals surface area contributed by atoms with Crippen LogP contribution in [0.3, 0.4) is 0 Å². The van der Waals surface area contributed by atoms with Crippen LogP contribution in [0.2, 0.25) is 0 Å². The maximum Gasteiger partial charge on any atom is 0.416 e. The average Bonchev–Trinajstić information content (AvgIpc) is 3.53. The Morgan fingerprint density at radius 1 is 1.03 bits per heavy atom. The van der Waals surface area contributed by atoms with Gasteiger partial charge in [-0.15, -0.1) is 10.2 Å². The Kier molecular flexibility index (Phi) is 6.13. The third kappa shape index (κ3) is 5.32. The Morgan fingerprint density at radius 2 is 1.89 bits per heavy atom. The molecule has 5 rings (SSSR count). The minimum Gasteiger partial charge on any atom is -0.497 e. The van der Waals surface area contributed by atoms with Gasteiger partial charge in [-0.1, -0.05) is 0 Å². The number of anilines is 1. The number of methoxy groups -OCH3 is 1. The zero-order valence-electron chi connectivity index (χ0n) is 19.0. The van der Waals surface area contributed by atoms with Crippen molar-refractivity contribution >= 4 is 22.6 Å². The molecule has 0 unspecified atom stereocenters. The number of carbonyl (C=O) groups excluding carboxylic acids is 1. The Morgan fingerprint density at radius 3 is 2.65 bits per heavy atom. The molecule has 0 aliphatic carbocycles. The molecule has 1 amide bonds. The SMILES string of the molecule is COc1cc(NC(=O)n2ccc3cc(Oc4cc(Cn5ncnn5)ncn4)ccc32)cc(C(F)(F)F)c1. The van der Waals surface area contributed by atoms with E-state index >= 15 is 0 Å². The van der Waals surface area contributed by atoms with Crippen molar-refractivity contribution in [3.63, 3.8) is 0 Å². The molecule has 3 heterocycles. The van der Waals surface area contributed by atoms with Gasteiger partial charge in [0.1, 0.15) is 24.4 Å². The van der Waals surface area contributed by atoms with Crippen molar-refractivity contribution in [2.24, 2.45) is 0 Å². The van der Waals surface area contributed by atoms with E-state index < -0.39 is 17.8 Å². The fraction of sp³-hybridized carbons (Fsp3) is 0.130. The Hall–Kier alpha value is -5.01. The lowest BCUT2D eigenvalue weighted by Gasteiger charge is -2.13. The molecule has 11 nitrogen and oxygen atoms in total. The van der Waals surface area contributed by atoms with Gasteiger partial charge in [0.2, 0.25) is 5.88 Å². The summed E-state index contributed by atoms with van der Waals surface area (Å²) in [4.78, 5) is 22.5. The number of rotatable bonds is 6. The van der Waals surface area contributed by atoms with Crippen LogP contribution in [0.4, 0.5) is 23.7 Å². The summed E-state index contributed by atoms with van der Waals surface area (Å²) in [7, 11) is 1.25. The lowest BCUT2D eigenvalue weighted by molar-refractivity contribution is -0.137. The van der Waals surface area contributed by atoms with Crippen LogP contribution in [0.25, 0.3) is 10.9 Å². The highest BCUT2D eigenvalue weighted by atomic mass is 19.4. The fourth-order valence-corrected chi connectivity index (χ4v) is 3.54. The van der Waals surface area contributed by atoms with E-state index in [4.69, 9.17) is 9.47 Å². The summed E-state index contributed by atoms with van der Waals surface area (Å²) in [5.74, 6) is 0.714. The van der Waals surface area contributed by atoms with Crippen LogP contribution in [0.1, 0.15) is 11.3 Å². The highest BCUT2D eigenvalue weighted by Gasteiger charge is 2.31. The monoisotopic (exact) mass is 510 g/mol. The molecule has 0 radical (unpaired) electrons. The summed E-state index contributed by atoms with van der Waals surface area (Å²) < 4.78 is 51.7. The summed E-state index contributed by atoms with van der Waals surface area (Å²) in [5.41, 5.74) is 0.133. The van der Waals surface area contributed by atoms with Crippen LogP contribution in [0.15, 0.2) is 67.4 Å². The van der Waals surface area contributed by atoms with E-state index in [1.54, 1.807) is 30.3 Å². The molecule has 0 aliphatic rings. The van der Waals surface area contributed by atoms with E-state index in [2.05, 4.69) is 30.7 Å². The Balaban J connectivity index is 1.34. The standard InChI is InChI=1S/C23H17F3N8O3/c1-36-19-8-15(23(24,25)26)7-16(9-19)31-22(35)33-5-4-14-6-18(2-3-20(14)33)37-21-10-17(27-12-28-21)11-34-30-13-29-32-34/h2-10,12-13H,11H2,1H3,(H,31,35). The van der Waals surface area contributed by atoms with Gasteiger partial charge < -0.3 is 14.8 Å². The number of fused-ring (bicyclic) bond motifs is 1. The molecule has 0 bridgehead atoms. The Labute approximate surface area is 206 Å². The highest BCUT2D eigenvalue weighted by Crippen LogP contribution is 2.34. The van der Waals surface area contributed by atoms with E-state index in [0.717, 1.165) is 12.1 Å². The van der Waals surface area contributed by atoms with Crippen molar-refractivity contribution in [2.75, 3.05) is 12.4 Å². The first kappa shape index (κ1) is 23.7. The maximum absolute atomic E-state index is 13.2. The minimum atomic E-state index is -4.59. The number of nitrogens with zero attached hydrogens (tertiary/aromatic N) is 7. The molecule has 37 heavy (non-hydrogen) atoms. The largest absolute Gasteiger partial charge is 0.497 e. The number of benzene rings is 2. The number of alkyl halides is 3. The lowest BCUT2D eigenvalue weighted by atomic mass is 10.2. The first-order valence-electron chi connectivity index (χ1n) is 10.7. The molecule has 3 aromatic heterocycles. The molecule has 2 aromatic carbocycles. The van der Waals surface area contributed by atoms with Gasteiger partial charge in [-0.3, -0.25) is 4.57 Å². The van der Waals surface area contributed by atoms with Crippen molar-refractivity contribution in [1.82, 2.24) is 34.7 Å². The quantitative estimate of drug-likeness (QED) is 0.358. The molecule has 0 fully saturated rings. The number of amides is 1. The van der Waals surface area contributed by atoms with Crippen molar-refractivity contribution in [1.29, 1.82) is 0 Å². The van der Waals surface area contributed by atoms with Crippen LogP contribution < -0.4 is 14.8 Å². The number of hydrogen-bond acceptors (Lipinski definition) is 8. The van der Waals surface area contributed by atoms with E-state index in [9.17, 15) is 18.0 Å². The second-order valence-electron chi connectivity index (χ2n) is 7.70. The predicted octanol–water partition coefficient (Wildman–Crippen LogP) is 4.37. The highest BCUT2D eigenvalue weighted by molar-refractivity contribution is 5.99. The van der Waals surface area contributed by atoms with Gasteiger partial charge in [-0.2, -0.15) is 18.0 Å². The second-order valence-corrected chi connectivity index (χ2v) is 7.70. The van der Waals surface area contributed by atoms with Crippen LogP contribution in [0, 0.1) is 0 Å². The maximum atomic E-state index is 13.2. The van der Waals surface area contributed by atoms with Gasteiger partial charge >= 0.3 is 12.2 Å². The third-order valence-electron chi connectivity index (χ3n) is 5.22. The number of halogens is 3. The predicted molar refractivity (Wildman–Crippen MR) is 123 cm³/mol. The van der Waals surface area contributed by atoms with E-state index in [1.165, 1.54) is 41.4 Å². The van der Waals surface area contributed by atoms with Gasteiger partial charge in [-0.05, 0) is 41.6 Å². The van der Waals surface area contributed by atoms with Gasteiger partial charge in [-0.25, -0.2) is 14.8 Å². The van der Waals surface area contributed by atoms with E-state index in [1.807, 2.05) is 0 Å². The smallest absolute Gasteiger partial charge is 0.416 e. The number of nitrogens with one attached hydrogen (secondary N) is 1. The molecular formula is C23H17F3N8O3. The van der Waals surface area contributed by atoms with Crippen LogP contribution in [-0.2, 0) is 12.7 Å². The molecule has 1 N–H and O–H groups in total. The lowest BCUT2D eigenvalue weighted by Crippen LogP contribution is -2.19. The molecule has 0 saturated heterocycles. The van der Waals surface area contributed by atoms with Crippen LogP contribution in [0.5, 0.6) is 17.4 Å². The van der Waals surface area contributed by atoms with Crippen LogP contribution >= 0.6 is 0 Å². The van der Waals surface area contributed by atoms with Gasteiger partial charge in [0, 0.05) is 29.4 Å². The third-order valence-corrected chi connectivity index (χ3v) is 5.22. The summed E-state index contributed by atoms with van der Waals surface area (Å²) in [6.45, 7) is 0.285. The van der Waals surface area contributed by atoms with Crippen molar-refractivity contribution in [3.05, 3.63) is 78.6 Å². The zero-order chi connectivity index (χ0) is 26.0. The second kappa shape index (κ2) is 9.56. The topological polar surface area (TPSA) is 122 Å². The molecule has 5 aromatic rings. The normalized spacial score (nSPS) is 11.5. The van der Waals surface area contributed by atoms with E-state index in [-0.39, 0.29) is 18.0 Å². The van der Waals surface area contributed by atoms with Gasteiger partial charge in [0.15, 0.2) is 6.33 Å². The van der Waals surface area contributed by atoms with Gasteiger partial charge in [0.25, 0.3) is 0 Å². The van der Waals surface area contributed by atoms with E-state index in [0.29, 0.717) is 28.2 Å². The molecule has 0 saturated carbocycles. The first-order valence-corrected chi connectivity index (χ1v) is 10.7. The summed E-state index contributed by atoms with van der Waals surface area (Å²) >= 11 is 0. The van der Waals surface area contributed by atoms with Crippen molar-refractivity contribution in [3.8, 4) is 17.4 Å². The number of tetrazole rings is 1. The molecule has 0 spiro atoms.